The molecule has 6 heteroatoms. The van der Waals surface area contributed by atoms with Gasteiger partial charge in [0.15, 0.2) is 0 Å². The second kappa shape index (κ2) is 7.37. The van der Waals surface area contributed by atoms with Crippen LogP contribution in [0.2, 0.25) is 0 Å². The summed E-state index contributed by atoms with van der Waals surface area (Å²) in [5.41, 5.74) is 1.33. The molecule has 2 fully saturated rings. The minimum atomic E-state index is 0.144. The van der Waals surface area contributed by atoms with Gasteiger partial charge in [-0.3, -0.25) is 19.3 Å². The molecular formula is C19H25N5O. The van der Waals surface area contributed by atoms with Gasteiger partial charge in [-0.15, -0.1) is 0 Å². The number of hydrogen-bond donors (Lipinski definition) is 1. The van der Waals surface area contributed by atoms with Crippen molar-refractivity contribution in [2.24, 2.45) is 0 Å². The highest BCUT2D eigenvalue weighted by Crippen LogP contribution is 2.19. The summed E-state index contributed by atoms with van der Waals surface area (Å²) in [4.78, 5) is 16.9. The average molecular weight is 339 g/mol. The first-order valence-corrected chi connectivity index (χ1v) is 9.03. The maximum atomic E-state index is 12.3. The lowest BCUT2D eigenvalue weighted by molar-refractivity contribution is -0.124. The first kappa shape index (κ1) is 16.3. The zero-order valence-electron chi connectivity index (χ0n) is 14.4. The largest absolute Gasteiger partial charge is 0.351 e. The Morgan fingerprint density at radius 1 is 1.12 bits per heavy atom. The molecule has 2 aliphatic heterocycles. The van der Waals surface area contributed by atoms with Gasteiger partial charge in [0.2, 0.25) is 5.91 Å². The van der Waals surface area contributed by atoms with E-state index in [0.717, 1.165) is 39.1 Å². The molecule has 0 radical (unpaired) electrons. The number of carbonyl (C=O) groups is 1. The molecule has 1 unspecified atom stereocenters. The summed E-state index contributed by atoms with van der Waals surface area (Å²) >= 11 is 0. The highest BCUT2D eigenvalue weighted by molar-refractivity contribution is 5.78. The summed E-state index contributed by atoms with van der Waals surface area (Å²) in [6.45, 7) is 5.25. The molecule has 1 aromatic carbocycles. The molecule has 1 atom stereocenters. The van der Waals surface area contributed by atoms with Gasteiger partial charge in [0, 0.05) is 51.2 Å². The number of likely N-dealkylation sites (tertiary alicyclic amines) is 2. The Hall–Kier alpha value is -2.18. The minimum absolute atomic E-state index is 0.144. The highest BCUT2D eigenvalue weighted by atomic mass is 16.2. The number of rotatable bonds is 6. The maximum Gasteiger partial charge on any atom is 0.234 e. The molecule has 0 spiro atoms. The summed E-state index contributed by atoms with van der Waals surface area (Å²) in [5.74, 6) is 0.144. The molecule has 3 heterocycles. The van der Waals surface area contributed by atoms with E-state index in [4.69, 9.17) is 0 Å². The van der Waals surface area contributed by atoms with Crippen LogP contribution in [0.5, 0.6) is 0 Å². The van der Waals surface area contributed by atoms with Gasteiger partial charge in [0.1, 0.15) is 0 Å². The zero-order chi connectivity index (χ0) is 17.1. The Morgan fingerprint density at radius 3 is 2.72 bits per heavy atom. The standard InChI is InChI=1S/C19H25N5O/c25-19(15-23-13-18(14-23)24-9-4-8-20-24)21-17-7-10-22(12-17)11-16-5-2-1-3-6-16/h1-6,8-9,17-18H,7,10-15H2,(H,21,25). The fourth-order valence-corrected chi connectivity index (χ4v) is 3.75. The smallest absolute Gasteiger partial charge is 0.234 e. The number of amides is 1. The molecular weight excluding hydrogens is 314 g/mol. The third kappa shape index (κ3) is 4.08. The van der Waals surface area contributed by atoms with Crippen LogP contribution in [0.1, 0.15) is 18.0 Å². The van der Waals surface area contributed by atoms with Gasteiger partial charge in [0.25, 0.3) is 0 Å². The van der Waals surface area contributed by atoms with Gasteiger partial charge in [0.05, 0.1) is 12.6 Å². The van der Waals surface area contributed by atoms with E-state index in [9.17, 15) is 4.79 Å². The maximum absolute atomic E-state index is 12.3. The number of nitrogens with one attached hydrogen (secondary N) is 1. The Labute approximate surface area is 148 Å². The summed E-state index contributed by atoms with van der Waals surface area (Å²) < 4.78 is 1.98. The lowest BCUT2D eigenvalue weighted by atomic mass is 10.1. The molecule has 2 aliphatic rings. The van der Waals surface area contributed by atoms with E-state index < -0.39 is 0 Å². The number of aromatic nitrogens is 2. The summed E-state index contributed by atoms with van der Waals surface area (Å²) in [6.07, 6.45) is 4.83. The molecule has 6 nitrogen and oxygen atoms in total. The van der Waals surface area contributed by atoms with E-state index in [-0.39, 0.29) is 11.9 Å². The molecule has 1 N–H and O–H groups in total. The Bertz CT molecular complexity index is 681. The van der Waals surface area contributed by atoms with Crippen molar-refractivity contribution in [3.63, 3.8) is 0 Å². The topological polar surface area (TPSA) is 53.4 Å². The molecule has 0 bridgehead atoms. The molecule has 1 amide bonds. The Morgan fingerprint density at radius 2 is 1.96 bits per heavy atom. The summed E-state index contributed by atoms with van der Waals surface area (Å²) in [5, 5.41) is 7.46. The van der Waals surface area contributed by atoms with Gasteiger partial charge in [-0.2, -0.15) is 5.10 Å². The first-order valence-electron chi connectivity index (χ1n) is 9.03. The predicted octanol–water partition coefficient (Wildman–Crippen LogP) is 1.13. The molecule has 0 aliphatic carbocycles. The Kier molecular flexibility index (Phi) is 4.81. The normalized spacial score (nSPS) is 22.0. The molecule has 4 rings (SSSR count). The van der Waals surface area contributed by atoms with Crippen molar-refractivity contribution in [1.29, 1.82) is 0 Å². The summed E-state index contributed by atoms with van der Waals surface area (Å²) in [6, 6.07) is 13.1. The third-order valence-electron chi connectivity index (χ3n) is 5.09. The lowest BCUT2D eigenvalue weighted by Crippen LogP contribution is -2.52. The molecule has 2 saturated heterocycles. The third-order valence-corrected chi connectivity index (χ3v) is 5.09. The fourth-order valence-electron chi connectivity index (χ4n) is 3.75. The van der Waals surface area contributed by atoms with Crippen molar-refractivity contribution in [1.82, 2.24) is 24.9 Å². The van der Waals surface area contributed by atoms with Gasteiger partial charge in [-0.05, 0) is 18.1 Å². The number of hydrogen-bond acceptors (Lipinski definition) is 4. The van der Waals surface area contributed by atoms with Crippen LogP contribution in [0.4, 0.5) is 0 Å². The summed E-state index contributed by atoms with van der Waals surface area (Å²) in [7, 11) is 0. The van der Waals surface area contributed by atoms with Crippen molar-refractivity contribution in [3.05, 3.63) is 54.4 Å². The van der Waals surface area contributed by atoms with Crippen molar-refractivity contribution in [2.45, 2.75) is 25.0 Å². The van der Waals surface area contributed by atoms with E-state index in [2.05, 4.69) is 44.5 Å². The molecule has 1 aromatic heterocycles. The van der Waals surface area contributed by atoms with E-state index in [1.807, 2.05) is 23.0 Å². The van der Waals surface area contributed by atoms with Gasteiger partial charge in [-0.25, -0.2) is 0 Å². The van der Waals surface area contributed by atoms with Crippen LogP contribution in [0, 0.1) is 0 Å². The van der Waals surface area contributed by atoms with Crippen LogP contribution < -0.4 is 5.32 Å². The molecule has 0 saturated carbocycles. The Balaban J connectivity index is 1.17. The number of benzene rings is 1. The monoisotopic (exact) mass is 339 g/mol. The van der Waals surface area contributed by atoms with Crippen LogP contribution in [-0.4, -0.2) is 64.3 Å². The average Bonchev–Trinajstić information content (AvgIpc) is 3.24. The highest BCUT2D eigenvalue weighted by Gasteiger charge is 2.31. The lowest BCUT2D eigenvalue weighted by Gasteiger charge is -2.38. The zero-order valence-corrected chi connectivity index (χ0v) is 14.4. The van der Waals surface area contributed by atoms with Crippen molar-refractivity contribution < 1.29 is 4.79 Å². The fraction of sp³-hybridized carbons (Fsp3) is 0.474. The van der Waals surface area contributed by atoms with Crippen molar-refractivity contribution in [2.75, 3.05) is 32.7 Å². The first-order chi connectivity index (χ1) is 12.3. The quantitative estimate of drug-likeness (QED) is 0.857. The van der Waals surface area contributed by atoms with E-state index in [0.29, 0.717) is 12.6 Å². The number of nitrogens with zero attached hydrogens (tertiary/aromatic N) is 4. The molecule has 2 aromatic rings. The van der Waals surface area contributed by atoms with Gasteiger partial charge >= 0.3 is 0 Å². The van der Waals surface area contributed by atoms with Crippen molar-refractivity contribution >= 4 is 5.91 Å². The van der Waals surface area contributed by atoms with Crippen LogP contribution in [-0.2, 0) is 11.3 Å². The molecule has 132 valence electrons. The second-order valence-electron chi connectivity index (χ2n) is 7.11. The van der Waals surface area contributed by atoms with E-state index in [1.165, 1.54) is 5.56 Å². The van der Waals surface area contributed by atoms with E-state index >= 15 is 0 Å². The van der Waals surface area contributed by atoms with Crippen molar-refractivity contribution in [3.8, 4) is 0 Å². The van der Waals surface area contributed by atoms with Gasteiger partial charge < -0.3 is 5.32 Å². The van der Waals surface area contributed by atoms with Crippen LogP contribution >= 0.6 is 0 Å². The van der Waals surface area contributed by atoms with Gasteiger partial charge in [-0.1, -0.05) is 30.3 Å². The van der Waals surface area contributed by atoms with Crippen LogP contribution in [0.3, 0.4) is 0 Å². The molecule has 25 heavy (non-hydrogen) atoms. The number of carbonyl (C=O) groups excluding carboxylic acids is 1. The van der Waals surface area contributed by atoms with Crippen LogP contribution in [0.25, 0.3) is 0 Å². The van der Waals surface area contributed by atoms with E-state index in [1.54, 1.807) is 6.20 Å². The predicted molar refractivity (Wildman–Crippen MR) is 96.0 cm³/mol. The second-order valence-corrected chi connectivity index (χ2v) is 7.11. The SMILES string of the molecule is O=C(CN1CC(n2cccn2)C1)NC1CCN(Cc2ccccc2)C1. The van der Waals surface area contributed by atoms with Crippen LogP contribution in [0.15, 0.2) is 48.8 Å². The minimum Gasteiger partial charge on any atom is -0.351 e.